The number of rotatable bonds is 5. The van der Waals surface area contributed by atoms with E-state index in [0.29, 0.717) is 0 Å². The van der Waals surface area contributed by atoms with Gasteiger partial charge in [-0.1, -0.05) is 49.0 Å². The Kier molecular flexibility index (Phi) is 7.70. The van der Waals surface area contributed by atoms with E-state index in [1.807, 2.05) is 0 Å². The van der Waals surface area contributed by atoms with Crippen LogP contribution < -0.4 is 5.43 Å². The van der Waals surface area contributed by atoms with Crippen LogP contribution in [0.4, 0.5) is 9.59 Å². The fourth-order valence-corrected chi connectivity index (χ4v) is 3.67. The van der Waals surface area contributed by atoms with Crippen LogP contribution in [0, 0.1) is 0 Å². The summed E-state index contributed by atoms with van der Waals surface area (Å²) in [4.78, 5) is 24.3. The SMILES string of the molecule is C=C(CN(NC(=O)OCC)C(=O)OCC)c1cc2ccc1CCc1ccc(cc1)CC2. The van der Waals surface area contributed by atoms with Crippen LogP contribution in [0.5, 0.6) is 0 Å². The first kappa shape index (κ1) is 22.4. The summed E-state index contributed by atoms with van der Waals surface area (Å²) < 4.78 is 10.0. The molecule has 0 fully saturated rings. The minimum Gasteiger partial charge on any atom is -0.449 e. The Bertz CT molecular complexity index is 937. The summed E-state index contributed by atoms with van der Waals surface area (Å²) >= 11 is 0. The van der Waals surface area contributed by atoms with E-state index in [2.05, 4.69) is 54.5 Å². The first-order valence-corrected chi connectivity index (χ1v) is 10.8. The summed E-state index contributed by atoms with van der Waals surface area (Å²) in [6, 6.07) is 15.3. The molecule has 4 bridgehead atoms. The lowest BCUT2D eigenvalue weighted by Gasteiger charge is -2.24. The Morgan fingerprint density at radius 3 is 2.13 bits per heavy atom. The summed E-state index contributed by atoms with van der Waals surface area (Å²) in [6.07, 6.45) is 2.31. The second-order valence-electron chi connectivity index (χ2n) is 7.53. The van der Waals surface area contributed by atoms with Crippen molar-refractivity contribution in [1.82, 2.24) is 10.4 Å². The van der Waals surface area contributed by atoms with Crippen molar-refractivity contribution in [1.29, 1.82) is 0 Å². The lowest BCUT2D eigenvalue weighted by atomic mass is 9.90. The number of aryl methyl sites for hydroxylation is 4. The van der Waals surface area contributed by atoms with Crippen LogP contribution >= 0.6 is 0 Å². The highest BCUT2D eigenvalue weighted by atomic mass is 16.6. The molecule has 0 saturated carbocycles. The van der Waals surface area contributed by atoms with E-state index in [9.17, 15) is 9.59 Å². The van der Waals surface area contributed by atoms with Gasteiger partial charge in [-0.2, -0.15) is 0 Å². The molecular weight excluding hydrogens is 392 g/mol. The summed E-state index contributed by atoms with van der Waals surface area (Å²) in [6.45, 7) is 8.15. The molecule has 0 heterocycles. The van der Waals surface area contributed by atoms with Crippen molar-refractivity contribution < 1.29 is 19.1 Å². The van der Waals surface area contributed by atoms with Crippen LogP contribution in [0.2, 0.25) is 0 Å². The van der Waals surface area contributed by atoms with Gasteiger partial charge in [-0.05, 0) is 72.9 Å². The first-order valence-electron chi connectivity index (χ1n) is 10.8. The van der Waals surface area contributed by atoms with Crippen molar-refractivity contribution in [2.45, 2.75) is 39.5 Å². The summed E-state index contributed by atoms with van der Waals surface area (Å²) in [5.74, 6) is 0. The molecular formula is C25H30N2O4. The van der Waals surface area contributed by atoms with Crippen LogP contribution in [-0.4, -0.2) is 37.0 Å². The lowest BCUT2D eigenvalue weighted by molar-refractivity contribution is 0.0799. The molecule has 4 aliphatic carbocycles. The molecule has 0 radical (unpaired) electrons. The number of nitrogens with zero attached hydrogens (tertiary/aromatic N) is 1. The standard InChI is InChI=1S/C25H30N2O4/c1-4-30-24(28)26-27(25(29)31-5-2)17-18(3)23-16-21-11-10-19-6-8-20(9-7-19)12-14-22(23)15-13-21/h6-9,13,15-16H,3-5,10-12,14,17H2,1-2H3,(H,26,28). The summed E-state index contributed by atoms with van der Waals surface area (Å²) in [5, 5.41) is 1.11. The molecule has 6 heteroatoms. The number of carbonyl (C=O) groups excluding carboxylic acids is 2. The third-order valence-corrected chi connectivity index (χ3v) is 5.30. The van der Waals surface area contributed by atoms with Crippen LogP contribution in [0.3, 0.4) is 0 Å². The average Bonchev–Trinajstić information content (AvgIpc) is 2.75. The highest BCUT2D eigenvalue weighted by molar-refractivity contribution is 5.77. The van der Waals surface area contributed by atoms with Gasteiger partial charge in [0.05, 0.1) is 19.8 Å². The summed E-state index contributed by atoms with van der Waals surface area (Å²) in [5.41, 5.74) is 9.19. The van der Waals surface area contributed by atoms with Crippen LogP contribution in [-0.2, 0) is 35.2 Å². The van der Waals surface area contributed by atoms with Crippen molar-refractivity contribution >= 4 is 17.8 Å². The van der Waals surface area contributed by atoms with Gasteiger partial charge in [0.2, 0.25) is 0 Å². The molecule has 0 unspecified atom stereocenters. The molecule has 0 aliphatic heterocycles. The van der Waals surface area contributed by atoms with Gasteiger partial charge in [0.15, 0.2) is 0 Å². The van der Waals surface area contributed by atoms with E-state index < -0.39 is 12.2 Å². The molecule has 0 saturated heterocycles. The molecule has 6 rings (SSSR count). The lowest BCUT2D eigenvalue weighted by Crippen LogP contribution is -2.47. The van der Waals surface area contributed by atoms with Crippen LogP contribution in [0.25, 0.3) is 5.57 Å². The van der Waals surface area contributed by atoms with Crippen molar-refractivity contribution in [3.8, 4) is 0 Å². The van der Waals surface area contributed by atoms with Crippen molar-refractivity contribution in [3.05, 3.63) is 76.9 Å². The van der Waals surface area contributed by atoms with Gasteiger partial charge in [0.25, 0.3) is 0 Å². The fourth-order valence-electron chi connectivity index (χ4n) is 3.67. The molecule has 2 amide bonds. The van der Waals surface area contributed by atoms with Crippen molar-refractivity contribution in [2.75, 3.05) is 19.8 Å². The topological polar surface area (TPSA) is 67.9 Å². The largest absolute Gasteiger partial charge is 0.449 e. The molecule has 0 atom stereocenters. The maximum Gasteiger partial charge on any atom is 0.429 e. The van der Waals surface area contributed by atoms with Gasteiger partial charge in [-0.3, -0.25) is 0 Å². The molecule has 2 aromatic rings. The Morgan fingerprint density at radius 1 is 0.903 bits per heavy atom. The van der Waals surface area contributed by atoms with E-state index in [4.69, 9.17) is 9.47 Å². The molecule has 164 valence electrons. The molecule has 0 spiro atoms. The minimum atomic E-state index is -0.706. The third-order valence-electron chi connectivity index (χ3n) is 5.30. The first-order chi connectivity index (χ1) is 15.0. The predicted molar refractivity (Wildman–Crippen MR) is 121 cm³/mol. The second-order valence-corrected chi connectivity index (χ2v) is 7.53. The van der Waals surface area contributed by atoms with Gasteiger partial charge >= 0.3 is 12.2 Å². The molecule has 0 aromatic heterocycles. The van der Waals surface area contributed by atoms with Crippen molar-refractivity contribution in [2.24, 2.45) is 0 Å². The van der Waals surface area contributed by atoms with Gasteiger partial charge in [0.1, 0.15) is 0 Å². The average molecular weight is 423 g/mol. The molecule has 6 nitrogen and oxygen atoms in total. The Labute approximate surface area is 183 Å². The van der Waals surface area contributed by atoms with E-state index in [0.717, 1.165) is 41.8 Å². The Hall–Kier alpha value is -3.28. The van der Waals surface area contributed by atoms with E-state index in [-0.39, 0.29) is 19.8 Å². The Morgan fingerprint density at radius 2 is 1.48 bits per heavy atom. The zero-order valence-electron chi connectivity index (χ0n) is 18.3. The highest BCUT2D eigenvalue weighted by Crippen LogP contribution is 2.24. The fraction of sp³-hybridized carbons (Fsp3) is 0.360. The zero-order chi connectivity index (χ0) is 22.2. The maximum absolute atomic E-state index is 12.4. The van der Waals surface area contributed by atoms with Crippen molar-refractivity contribution in [3.63, 3.8) is 0 Å². The van der Waals surface area contributed by atoms with Crippen LogP contribution in [0.15, 0.2) is 49.0 Å². The minimum absolute atomic E-state index is 0.0991. The second kappa shape index (κ2) is 10.7. The van der Waals surface area contributed by atoms with E-state index in [1.54, 1.807) is 13.8 Å². The quantitative estimate of drug-likeness (QED) is 0.709. The number of ether oxygens (including phenoxy) is 2. The van der Waals surface area contributed by atoms with Gasteiger partial charge in [-0.25, -0.2) is 20.0 Å². The van der Waals surface area contributed by atoms with Crippen LogP contribution in [0.1, 0.15) is 41.7 Å². The molecule has 1 N–H and O–H groups in total. The monoisotopic (exact) mass is 422 g/mol. The number of hydrogen-bond donors (Lipinski definition) is 1. The smallest absolute Gasteiger partial charge is 0.429 e. The number of hydrogen-bond acceptors (Lipinski definition) is 4. The van der Waals surface area contributed by atoms with Gasteiger partial charge < -0.3 is 9.47 Å². The normalized spacial score (nSPS) is 12.5. The van der Waals surface area contributed by atoms with E-state index >= 15 is 0 Å². The molecule has 31 heavy (non-hydrogen) atoms. The number of nitrogens with one attached hydrogen (secondary N) is 1. The maximum atomic E-state index is 12.4. The number of hydrazine groups is 1. The molecule has 2 aromatic carbocycles. The number of benzene rings is 2. The summed E-state index contributed by atoms with van der Waals surface area (Å²) in [7, 11) is 0. The number of carbonyl (C=O) groups is 2. The zero-order valence-corrected chi connectivity index (χ0v) is 18.3. The van der Waals surface area contributed by atoms with E-state index in [1.165, 1.54) is 22.3 Å². The Balaban J connectivity index is 1.83. The van der Waals surface area contributed by atoms with Gasteiger partial charge in [-0.15, -0.1) is 0 Å². The highest BCUT2D eigenvalue weighted by Gasteiger charge is 2.21. The third kappa shape index (κ3) is 6.10. The molecule has 4 aliphatic rings. The number of amides is 2. The predicted octanol–water partition coefficient (Wildman–Crippen LogP) is 4.70. The van der Waals surface area contributed by atoms with Gasteiger partial charge in [0, 0.05) is 0 Å².